The number of nitrogens with one attached hydrogen (secondary N) is 2. The Morgan fingerprint density at radius 3 is 2.75 bits per heavy atom. The van der Waals surface area contributed by atoms with Gasteiger partial charge < -0.3 is 9.87 Å². The van der Waals surface area contributed by atoms with Gasteiger partial charge in [0.05, 0.1) is 17.6 Å². The highest BCUT2D eigenvalue weighted by molar-refractivity contribution is 7.89. The standard InChI is InChI=1S/C22H23N3O2S/c1-15-8-6-9-18(19-11-20(14-23-13-19)24-17(3)26)12-21(15)25-28(27)22-10-5-4-7-16(22)2/h4-7,9-14,25H,8H2,1-3H3,(H,24,26). The molecule has 1 aliphatic carbocycles. The number of aryl methyl sites for hydroxylation is 1. The fraction of sp³-hybridized carbons (Fsp3) is 0.182. The number of anilines is 1. The van der Waals surface area contributed by atoms with Crippen molar-refractivity contribution in [1.29, 1.82) is 0 Å². The summed E-state index contributed by atoms with van der Waals surface area (Å²) in [5.74, 6) is -0.143. The second kappa shape index (κ2) is 8.91. The van der Waals surface area contributed by atoms with Crippen LogP contribution in [0.3, 0.4) is 0 Å². The fourth-order valence-electron chi connectivity index (χ4n) is 2.88. The van der Waals surface area contributed by atoms with Crippen molar-refractivity contribution < 1.29 is 9.35 Å². The first-order chi connectivity index (χ1) is 13.4. The molecule has 0 bridgehead atoms. The van der Waals surface area contributed by atoms with Gasteiger partial charge in [0.25, 0.3) is 0 Å². The van der Waals surface area contributed by atoms with Crippen LogP contribution in [-0.2, 0) is 16.2 Å². The van der Waals surface area contributed by atoms with Gasteiger partial charge >= 0.3 is 0 Å². The van der Waals surface area contributed by atoms with E-state index < -0.39 is 11.4 Å². The van der Waals surface area contributed by atoms with Crippen molar-refractivity contribution in [3.8, 4) is 0 Å². The number of hydrogen-bond donors (Lipinski definition) is 2. The van der Waals surface area contributed by atoms with E-state index in [1.807, 2.05) is 56.3 Å². The summed E-state index contributed by atoms with van der Waals surface area (Å²) in [4.78, 5) is 16.3. The lowest BCUT2D eigenvalue weighted by Gasteiger charge is -2.16. The van der Waals surface area contributed by atoms with Gasteiger partial charge in [-0.15, -0.1) is 0 Å². The third-order valence-corrected chi connectivity index (χ3v) is 5.63. The number of pyridine rings is 1. The van der Waals surface area contributed by atoms with E-state index in [9.17, 15) is 9.35 Å². The molecule has 2 aromatic rings. The molecule has 0 saturated carbocycles. The number of allylic oxidation sites excluding steroid dienone is 5. The normalized spacial score (nSPS) is 14.9. The first kappa shape index (κ1) is 19.9. The van der Waals surface area contributed by atoms with Gasteiger partial charge in [0.1, 0.15) is 11.4 Å². The largest absolute Gasteiger partial charge is 0.588 e. The Morgan fingerprint density at radius 1 is 1.21 bits per heavy atom. The number of amides is 1. The summed E-state index contributed by atoms with van der Waals surface area (Å²) in [5, 5.41) is 2.75. The fourth-order valence-corrected chi connectivity index (χ4v) is 3.99. The highest BCUT2D eigenvalue weighted by Crippen LogP contribution is 2.26. The SMILES string of the molecule is CC(=O)Nc1cncc(C2=CC(N[S+]([O-])c3ccccc3C)=C(C)CC=C2)c1. The molecular weight excluding hydrogens is 370 g/mol. The Morgan fingerprint density at radius 2 is 2.00 bits per heavy atom. The quantitative estimate of drug-likeness (QED) is 0.744. The van der Waals surface area contributed by atoms with Crippen molar-refractivity contribution in [1.82, 2.24) is 9.71 Å². The van der Waals surface area contributed by atoms with Crippen LogP contribution < -0.4 is 10.0 Å². The molecule has 3 rings (SSSR count). The number of nitrogens with zero attached hydrogens (tertiary/aromatic N) is 1. The van der Waals surface area contributed by atoms with E-state index in [2.05, 4.69) is 21.1 Å². The molecule has 1 aliphatic rings. The summed E-state index contributed by atoms with van der Waals surface area (Å²) < 4.78 is 16.0. The number of carbonyl (C=O) groups is 1. The van der Waals surface area contributed by atoms with Gasteiger partial charge in [0, 0.05) is 24.2 Å². The van der Waals surface area contributed by atoms with E-state index in [0.29, 0.717) is 5.69 Å². The lowest BCUT2D eigenvalue weighted by atomic mass is 10.1. The van der Waals surface area contributed by atoms with Crippen LogP contribution in [0.15, 0.2) is 77.1 Å². The van der Waals surface area contributed by atoms with Crippen LogP contribution in [0.5, 0.6) is 0 Å². The van der Waals surface area contributed by atoms with Gasteiger partial charge in [-0.25, -0.2) is 4.72 Å². The van der Waals surface area contributed by atoms with Crippen molar-refractivity contribution in [2.75, 3.05) is 5.32 Å². The predicted molar refractivity (Wildman–Crippen MR) is 114 cm³/mol. The Balaban J connectivity index is 1.89. The molecule has 2 N–H and O–H groups in total. The number of hydrogen-bond acceptors (Lipinski definition) is 4. The van der Waals surface area contributed by atoms with Gasteiger partial charge in [-0.05, 0) is 49.6 Å². The van der Waals surface area contributed by atoms with Crippen LogP contribution in [0.4, 0.5) is 5.69 Å². The van der Waals surface area contributed by atoms with Crippen molar-refractivity contribution in [2.24, 2.45) is 0 Å². The molecule has 0 fully saturated rings. The molecule has 28 heavy (non-hydrogen) atoms. The third kappa shape index (κ3) is 4.91. The van der Waals surface area contributed by atoms with E-state index >= 15 is 0 Å². The molecule has 1 unspecified atom stereocenters. The van der Waals surface area contributed by atoms with Crippen molar-refractivity contribution in [3.05, 3.63) is 83.4 Å². The zero-order valence-corrected chi connectivity index (χ0v) is 17.0. The molecule has 0 radical (unpaired) electrons. The van der Waals surface area contributed by atoms with Crippen molar-refractivity contribution in [2.45, 2.75) is 32.1 Å². The monoisotopic (exact) mass is 393 g/mol. The smallest absolute Gasteiger partial charge is 0.221 e. The zero-order valence-electron chi connectivity index (χ0n) is 16.2. The molecule has 1 atom stereocenters. The molecule has 6 heteroatoms. The molecule has 144 valence electrons. The van der Waals surface area contributed by atoms with E-state index in [0.717, 1.165) is 39.3 Å². The summed E-state index contributed by atoms with van der Waals surface area (Å²) in [5.41, 5.74) is 5.35. The molecule has 1 aromatic heterocycles. The third-order valence-electron chi connectivity index (χ3n) is 4.37. The van der Waals surface area contributed by atoms with Gasteiger partial charge in [0.15, 0.2) is 4.90 Å². The van der Waals surface area contributed by atoms with Crippen LogP contribution in [0, 0.1) is 6.92 Å². The minimum absolute atomic E-state index is 0.143. The Labute approximate surface area is 168 Å². The molecular formula is C22H23N3O2S. The minimum Gasteiger partial charge on any atom is -0.588 e. The van der Waals surface area contributed by atoms with Gasteiger partial charge in [0.2, 0.25) is 5.91 Å². The second-order valence-corrected chi connectivity index (χ2v) is 7.86. The Kier molecular flexibility index (Phi) is 6.34. The molecule has 1 aromatic carbocycles. The predicted octanol–water partition coefficient (Wildman–Crippen LogP) is 4.28. The maximum atomic E-state index is 12.9. The maximum absolute atomic E-state index is 12.9. The zero-order chi connectivity index (χ0) is 20.1. The summed E-state index contributed by atoms with van der Waals surface area (Å²) in [6, 6.07) is 9.52. The van der Waals surface area contributed by atoms with Gasteiger partial charge in [-0.2, -0.15) is 0 Å². The Hall–Kier alpha value is -2.83. The summed E-state index contributed by atoms with van der Waals surface area (Å²) in [6.45, 7) is 5.44. The van der Waals surface area contributed by atoms with E-state index in [-0.39, 0.29) is 5.91 Å². The van der Waals surface area contributed by atoms with E-state index in [1.54, 1.807) is 12.4 Å². The maximum Gasteiger partial charge on any atom is 0.221 e. The number of carbonyl (C=O) groups excluding carboxylic acids is 1. The van der Waals surface area contributed by atoms with E-state index in [4.69, 9.17) is 0 Å². The van der Waals surface area contributed by atoms with Crippen molar-refractivity contribution in [3.63, 3.8) is 0 Å². The summed E-state index contributed by atoms with van der Waals surface area (Å²) in [6.07, 6.45) is 10.2. The topological polar surface area (TPSA) is 77.1 Å². The van der Waals surface area contributed by atoms with Crippen LogP contribution in [0.25, 0.3) is 5.57 Å². The highest BCUT2D eigenvalue weighted by Gasteiger charge is 2.17. The highest BCUT2D eigenvalue weighted by atomic mass is 32.2. The molecule has 0 aliphatic heterocycles. The van der Waals surface area contributed by atoms with Gasteiger partial charge in [-0.3, -0.25) is 9.78 Å². The van der Waals surface area contributed by atoms with Crippen LogP contribution in [0.2, 0.25) is 0 Å². The molecule has 0 saturated heterocycles. The number of benzene rings is 1. The molecule has 1 amide bonds. The summed E-state index contributed by atoms with van der Waals surface area (Å²) >= 11 is -1.36. The van der Waals surface area contributed by atoms with Crippen LogP contribution >= 0.6 is 0 Å². The molecule has 1 heterocycles. The average molecular weight is 394 g/mol. The Bertz CT molecular complexity index is 979. The summed E-state index contributed by atoms with van der Waals surface area (Å²) in [7, 11) is 0. The average Bonchev–Trinajstić information content (AvgIpc) is 2.83. The van der Waals surface area contributed by atoms with Crippen LogP contribution in [-0.4, -0.2) is 15.4 Å². The second-order valence-electron chi connectivity index (χ2n) is 6.68. The lowest BCUT2D eigenvalue weighted by Crippen LogP contribution is -2.24. The molecule has 0 spiro atoms. The van der Waals surface area contributed by atoms with E-state index in [1.165, 1.54) is 6.92 Å². The minimum atomic E-state index is -1.36. The number of rotatable bonds is 5. The first-order valence-electron chi connectivity index (χ1n) is 8.99. The first-order valence-corrected chi connectivity index (χ1v) is 10.1. The lowest BCUT2D eigenvalue weighted by molar-refractivity contribution is -0.114. The van der Waals surface area contributed by atoms with Gasteiger partial charge in [-0.1, -0.05) is 30.4 Å². The van der Waals surface area contributed by atoms with Crippen LogP contribution in [0.1, 0.15) is 31.4 Å². The van der Waals surface area contributed by atoms with Crippen molar-refractivity contribution >= 4 is 28.5 Å². The number of aromatic nitrogens is 1. The molecule has 5 nitrogen and oxygen atoms in total.